The van der Waals surface area contributed by atoms with E-state index in [0.717, 1.165) is 23.5 Å². The molecule has 0 radical (unpaired) electrons. The number of thiophene rings is 1. The van der Waals surface area contributed by atoms with Gasteiger partial charge in [0, 0.05) is 6.54 Å². The number of fused-ring (bicyclic) bond motifs is 1. The van der Waals surface area contributed by atoms with Crippen molar-refractivity contribution in [1.82, 2.24) is 15.0 Å². The summed E-state index contributed by atoms with van der Waals surface area (Å²) >= 11 is 1.55. The highest BCUT2D eigenvalue weighted by atomic mass is 32.1. The molecule has 1 aliphatic carbocycles. The molecular formula is C23H27N3O3S. The molecule has 4 rings (SSSR count). The Morgan fingerprint density at radius 2 is 2.07 bits per heavy atom. The zero-order valence-corrected chi connectivity index (χ0v) is 18.3. The summed E-state index contributed by atoms with van der Waals surface area (Å²) in [5.41, 5.74) is 2.75. The van der Waals surface area contributed by atoms with Crippen LogP contribution in [0.5, 0.6) is 5.75 Å². The molecule has 1 aromatic carbocycles. The van der Waals surface area contributed by atoms with Crippen molar-refractivity contribution in [1.29, 1.82) is 0 Å². The van der Waals surface area contributed by atoms with Crippen LogP contribution in [-0.2, 0) is 24.2 Å². The second kappa shape index (κ2) is 9.43. The number of hydrogen-bond acceptors (Lipinski definition) is 6. The molecule has 1 amide bonds. The topological polar surface area (TPSA) is 68.5 Å². The first-order valence-corrected chi connectivity index (χ1v) is 11.5. The van der Waals surface area contributed by atoms with Gasteiger partial charge < -0.3 is 14.2 Å². The van der Waals surface area contributed by atoms with Gasteiger partial charge >= 0.3 is 0 Å². The van der Waals surface area contributed by atoms with Crippen LogP contribution in [0.15, 0.2) is 40.2 Å². The van der Waals surface area contributed by atoms with Crippen LogP contribution in [0.1, 0.15) is 50.1 Å². The third-order valence-electron chi connectivity index (χ3n) is 5.47. The number of aryl methyl sites for hydroxylation is 2. The van der Waals surface area contributed by atoms with Gasteiger partial charge in [0.15, 0.2) is 6.10 Å². The molecule has 2 heterocycles. The number of aromatic nitrogens is 2. The largest absolute Gasteiger partial charge is 0.481 e. The van der Waals surface area contributed by atoms with Crippen LogP contribution in [0.2, 0.25) is 0 Å². The van der Waals surface area contributed by atoms with Crippen LogP contribution >= 0.6 is 11.3 Å². The molecule has 0 aliphatic heterocycles. The Labute approximate surface area is 180 Å². The molecule has 0 unspecified atom stereocenters. The van der Waals surface area contributed by atoms with Crippen molar-refractivity contribution in [3.8, 4) is 16.5 Å². The van der Waals surface area contributed by atoms with Crippen molar-refractivity contribution in [2.45, 2.75) is 58.6 Å². The molecule has 30 heavy (non-hydrogen) atoms. The molecule has 2 aromatic heterocycles. The van der Waals surface area contributed by atoms with E-state index in [1.807, 2.05) is 37.4 Å². The molecule has 0 spiro atoms. The van der Waals surface area contributed by atoms with Crippen molar-refractivity contribution < 1.29 is 14.1 Å². The molecule has 0 fully saturated rings. The van der Waals surface area contributed by atoms with E-state index in [2.05, 4.69) is 22.3 Å². The van der Waals surface area contributed by atoms with E-state index < -0.39 is 6.10 Å². The highest BCUT2D eigenvalue weighted by Crippen LogP contribution is 2.27. The minimum absolute atomic E-state index is 0.0615. The summed E-state index contributed by atoms with van der Waals surface area (Å²) in [5, 5.41) is 6.00. The Morgan fingerprint density at radius 3 is 2.80 bits per heavy atom. The summed E-state index contributed by atoms with van der Waals surface area (Å²) in [6.45, 7) is 4.73. The van der Waals surface area contributed by atoms with Crippen molar-refractivity contribution >= 4 is 17.2 Å². The maximum atomic E-state index is 13.2. The Bertz CT molecular complexity index is 984. The lowest BCUT2D eigenvalue weighted by Crippen LogP contribution is -2.41. The molecule has 1 aliphatic rings. The molecule has 7 heteroatoms. The third-order valence-corrected chi connectivity index (χ3v) is 6.34. The normalized spacial score (nSPS) is 14.2. The average Bonchev–Trinajstić information content (AvgIpc) is 3.47. The van der Waals surface area contributed by atoms with E-state index in [1.54, 1.807) is 16.2 Å². The van der Waals surface area contributed by atoms with Gasteiger partial charge in [-0.25, -0.2) is 0 Å². The number of ether oxygens (including phenoxy) is 1. The lowest BCUT2D eigenvalue weighted by Gasteiger charge is -2.25. The van der Waals surface area contributed by atoms with E-state index in [4.69, 9.17) is 9.26 Å². The Balaban J connectivity index is 1.43. The fraction of sp³-hybridized carbons (Fsp3) is 0.435. The molecule has 6 nitrogen and oxygen atoms in total. The minimum atomic E-state index is -0.536. The molecule has 0 saturated carbocycles. The summed E-state index contributed by atoms with van der Waals surface area (Å²) in [5.74, 6) is 1.69. The van der Waals surface area contributed by atoms with E-state index >= 15 is 0 Å². The third kappa shape index (κ3) is 4.56. The van der Waals surface area contributed by atoms with Gasteiger partial charge in [-0.3, -0.25) is 4.79 Å². The fourth-order valence-corrected chi connectivity index (χ4v) is 4.44. The lowest BCUT2D eigenvalue weighted by molar-refractivity contribution is -0.139. The smallest absolute Gasteiger partial charge is 0.264 e. The number of nitrogens with zero attached hydrogens (tertiary/aromatic N) is 3. The van der Waals surface area contributed by atoms with Gasteiger partial charge in [-0.2, -0.15) is 4.98 Å². The van der Waals surface area contributed by atoms with E-state index in [9.17, 15) is 4.79 Å². The number of rotatable bonds is 8. The zero-order valence-electron chi connectivity index (χ0n) is 17.5. The number of benzene rings is 1. The predicted octanol–water partition coefficient (Wildman–Crippen LogP) is 4.88. The monoisotopic (exact) mass is 425 g/mol. The van der Waals surface area contributed by atoms with Gasteiger partial charge in [-0.05, 0) is 73.7 Å². The highest BCUT2D eigenvalue weighted by Gasteiger charge is 2.26. The van der Waals surface area contributed by atoms with Crippen molar-refractivity contribution in [2.24, 2.45) is 0 Å². The summed E-state index contributed by atoms with van der Waals surface area (Å²) < 4.78 is 11.5. The number of likely N-dealkylation sites (N-methyl/N-ethyl adjacent to an activating group) is 1. The zero-order chi connectivity index (χ0) is 20.9. The second-order valence-electron chi connectivity index (χ2n) is 7.49. The second-order valence-corrected chi connectivity index (χ2v) is 8.44. The molecule has 3 aromatic rings. The number of carbonyl (C=O) groups is 1. The van der Waals surface area contributed by atoms with Crippen LogP contribution in [0.4, 0.5) is 0 Å². The molecule has 158 valence electrons. The van der Waals surface area contributed by atoms with E-state index in [0.29, 0.717) is 24.7 Å². The minimum Gasteiger partial charge on any atom is -0.481 e. The fourth-order valence-electron chi connectivity index (χ4n) is 3.79. The van der Waals surface area contributed by atoms with Gasteiger partial charge in [-0.1, -0.05) is 24.2 Å². The summed E-state index contributed by atoms with van der Waals surface area (Å²) in [6, 6.07) is 10.1. The predicted molar refractivity (Wildman–Crippen MR) is 116 cm³/mol. The van der Waals surface area contributed by atoms with Gasteiger partial charge in [0.05, 0.1) is 4.88 Å². The molecule has 0 N–H and O–H groups in total. The van der Waals surface area contributed by atoms with Crippen molar-refractivity contribution in [2.75, 3.05) is 6.54 Å². The van der Waals surface area contributed by atoms with Crippen LogP contribution < -0.4 is 4.74 Å². The number of amides is 1. The summed E-state index contributed by atoms with van der Waals surface area (Å²) in [6.07, 6.45) is 4.74. The maximum Gasteiger partial charge on any atom is 0.264 e. The molecule has 0 bridgehead atoms. The van der Waals surface area contributed by atoms with Gasteiger partial charge in [0.1, 0.15) is 12.3 Å². The highest BCUT2D eigenvalue weighted by molar-refractivity contribution is 7.13. The van der Waals surface area contributed by atoms with E-state index in [-0.39, 0.29) is 12.5 Å². The Kier molecular flexibility index (Phi) is 6.47. The van der Waals surface area contributed by atoms with E-state index in [1.165, 1.54) is 24.0 Å². The first-order valence-electron chi connectivity index (χ1n) is 10.6. The summed E-state index contributed by atoms with van der Waals surface area (Å²) in [7, 11) is 0. The summed E-state index contributed by atoms with van der Waals surface area (Å²) in [4.78, 5) is 20.2. The van der Waals surface area contributed by atoms with Crippen molar-refractivity contribution in [3.63, 3.8) is 0 Å². The Hall–Kier alpha value is -2.67. The first kappa shape index (κ1) is 20.6. The van der Waals surface area contributed by atoms with Crippen molar-refractivity contribution in [3.05, 3.63) is 52.7 Å². The average molecular weight is 426 g/mol. The van der Waals surface area contributed by atoms with Crippen LogP contribution in [-0.4, -0.2) is 33.6 Å². The molecular weight excluding hydrogens is 398 g/mol. The van der Waals surface area contributed by atoms with Gasteiger partial charge in [-0.15, -0.1) is 11.3 Å². The lowest BCUT2D eigenvalue weighted by atomic mass is 9.92. The van der Waals surface area contributed by atoms with Crippen LogP contribution in [0.25, 0.3) is 10.7 Å². The number of hydrogen-bond donors (Lipinski definition) is 0. The van der Waals surface area contributed by atoms with Gasteiger partial charge in [0.2, 0.25) is 11.7 Å². The number of carbonyl (C=O) groups excluding carboxylic acids is 1. The Morgan fingerprint density at radius 1 is 1.23 bits per heavy atom. The maximum absolute atomic E-state index is 13.2. The van der Waals surface area contributed by atoms with Crippen LogP contribution in [0.3, 0.4) is 0 Å². The van der Waals surface area contributed by atoms with Gasteiger partial charge in [0.25, 0.3) is 5.91 Å². The SMILES string of the molecule is CC[C@@H](Oc1ccc2c(c1)CCCC2)C(=O)N(CC)Cc1nc(-c2cccs2)no1. The molecule has 0 saturated heterocycles. The molecule has 1 atom stereocenters. The standard InChI is InChI=1S/C23H27N3O3S/c1-3-19(28-18-12-11-16-8-5-6-9-17(16)14-18)23(27)26(4-2)15-21-24-22(25-29-21)20-10-7-13-30-20/h7,10-14,19H,3-6,8-9,15H2,1-2H3/t19-/m1/s1. The quantitative estimate of drug-likeness (QED) is 0.514. The van der Waals surface area contributed by atoms with Crippen LogP contribution in [0, 0.1) is 0 Å². The first-order chi connectivity index (χ1) is 14.7.